The number of hydrogen-bond donors (Lipinski definition) is 2. The molecule has 28 heavy (non-hydrogen) atoms. The molecule has 0 radical (unpaired) electrons. The molecule has 2 aliphatic rings. The molecule has 6 heteroatoms. The highest BCUT2D eigenvalue weighted by atomic mass is 19.1. The van der Waals surface area contributed by atoms with Crippen molar-refractivity contribution in [2.75, 3.05) is 39.3 Å². The number of piperidine rings is 1. The molecule has 0 spiro atoms. The second-order valence-electron chi connectivity index (χ2n) is 7.80. The molecule has 0 saturated carbocycles. The molecule has 0 bridgehead atoms. The minimum Gasteiger partial charge on any atom is -0.369 e. The summed E-state index contributed by atoms with van der Waals surface area (Å²) in [5.74, 6) is 0.907. The SMILES string of the molecule is Cc1ccc(C(=O)N2CCC(F)(CNCCNC3=NCCC=C3)CC2)cc1C. The molecule has 0 atom stereocenters. The summed E-state index contributed by atoms with van der Waals surface area (Å²) in [6, 6.07) is 5.76. The van der Waals surface area contributed by atoms with Gasteiger partial charge in [0.25, 0.3) is 5.91 Å². The Bertz CT molecular complexity index is 751. The van der Waals surface area contributed by atoms with E-state index in [1.165, 1.54) is 5.56 Å². The molecule has 1 saturated heterocycles. The number of nitrogens with zero attached hydrogens (tertiary/aromatic N) is 2. The predicted octanol–water partition coefficient (Wildman–Crippen LogP) is 2.79. The summed E-state index contributed by atoms with van der Waals surface area (Å²) in [5, 5.41) is 6.45. The van der Waals surface area contributed by atoms with Crippen LogP contribution >= 0.6 is 0 Å². The number of aliphatic imine (C=N–C) groups is 1. The van der Waals surface area contributed by atoms with E-state index in [2.05, 4.69) is 21.7 Å². The highest BCUT2D eigenvalue weighted by Gasteiger charge is 2.35. The number of amidine groups is 1. The quantitative estimate of drug-likeness (QED) is 0.739. The summed E-state index contributed by atoms with van der Waals surface area (Å²) in [5.41, 5.74) is 1.72. The van der Waals surface area contributed by atoms with Gasteiger partial charge in [-0.05, 0) is 49.6 Å². The van der Waals surface area contributed by atoms with Crippen LogP contribution in [0.15, 0.2) is 35.3 Å². The Morgan fingerprint density at radius 1 is 1.21 bits per heavy atom. The van der Waals surface area contributed by atoms with Gasteiger partial charge in [0.05, 0.1) is 0 Å². The number of rotatable bonds is 6. The van der Waals surface area contributed by atoms with Gasteiger partial charge in [0, 0.05) is 57.7 Å². The van der Waals surface area contributed by atoms with Crippen molar-refractivity contribution < 1.29 is 9.18 Å². The van der Waals surface area contributed by atoms with Crippen molar-refractivity contribution >= 4 is 11.7 Å². The van der Waals surface area contributed by atoms with E-state index < -0.39 is 5.67 Å². The lowest BCUT2D eigenvalue weighted by atomic mass is 9.92. The fourth-order valence-electron chi connectivity index (χ4n) is 3.56. The van der Waals surface area contributed by atoms with Crippen LogP contribution in [0.2, 0.25) is 0 Å². The number of hydrogen-bond acceptors (Lipinski definition) is 4. The van der Waals surface area contributed by atoms with Crippen molar-refractivity contribution in [3.63, 3.8) is 0 Å². The minimum absolute atomic E-state index is 0.00335. The standard InChI is InChI=1S/C22H31FN4O/c1-17-6-7-19(15-18(17)2)21(28)27-13-8-22(23,9-14-27)16-24-11-12-26-20-5-3-4-10-25-20/h3,5-7,15,24H,4,8-14,16H2,1-2H3,(H,25,26). The molecule has 2 aliphatic heterocycles. The van der Waals surface area contributed by atoms with Crippen LogP contribution in [0.3, 0.4) is 0 Å². The Morgan fingerprint density at radius 3 is 2.68 bits per heavy atom. The zero-order valence-corrected chi connectivity index (χ0v) is 16.9. The summed E-state index contributed by atoms with van der Waals surface area (Å²) in [6.45, 7) is 7.52. The Kier molecular flexibility index (Phi) is 6.83. The molecule has 1 aromatic carbocycles. The fraction of sp³-hybridized carbons (Fsp3) is 0.545. The van der Waals surface area contributed by atoms with Crippen LogP contribution in [0.1, 0.15) is 40.7 Å². The first-order chi connectivity index (χ1) is 13.5. The minimum atomic E-state index is -1.25. The molecule has 152 valence electrons. The number of likely N-dealkylation sites (tertiary alicyclic amines) is 1. The number of benzene rings is 1. The van der Waals surface area contributed by atoms with Crippen LogP contribution in [0.25, 0.3) is 0 Å². The van der Waals surface area contributed by atoms with E-state index in [4.69, 9.17) is 0 Å². The van der Waals surface area contributed by atoms with Gasteiger partial charge in [-0.1, -0.05) is 12.1 Å². The average Bonchev–Trinajstić information content (AvgIpc) is 2.71. The monoisotopic (exact) mass is 386 g/mol. The number of aryl methyl sites for hydroxylation is 2. The van der Waals surface area contributed by atoms with E-state index >= 15 is 4.39 Å². The molecular weight excluding hydrogens is 355 g/mol. The van der Waals surface area contributed by atoms with Crippen molar-refractivity contribution in [2.45, 2.75) is 38.8 Å². The predicted molar refractivity (Wildman–Crippen MR) is 112 cm³/mol. The summed E-state index contributed by atoms with van der Waals surface area (Å²) in [4.78, 5) is 18.8. The van der Waals surface area contributed by atoms with Crippen molar-refractivity contribution in [3.05, 3.63) is 47.0 Å². The molecule has 0 aromatic heterocycles. The number of amides is 1. The van der Waals surface area contributed by atoms with Crippen LogP contribution in [-0.4, -0.2) is 61.6 Å². The van der Waals surface area contributed by atoms with Crippen molar-refractivity contribution in [2.24, 2.45) is 4.99 Å². The molecule has 1 amide bonds. The van der Waals surface area contributed by atoms with Gasteiger partial charge in [-0.25, -0.2) is 4.39 Å². The molecule has 1 fully saturated rings. The molecule has 0 aliphatic carbocycles. The maximum Gasteiger partial charge on any atom is 0.253 e. The molecule has 2 N–H and O–H groups in total. The second-order valence-corrected chi connectivity index (χ2v) is 7.80. The van der Waals surface area contributed by atoms with Crippen LogP contribution in [0, 0.1) is 13.8 Å². The maximum atomic E-state index is 15.1. The summed E-state index contributed by atoms with van der Waals surface area (Å²) >= 11 is 0. The first-order valence-electron chi connectivity index (χ1n) is 10.2. The van der Waals surface area contributed by atoms with Gasteiger partial charge in [-0.3, -0.25) is 9.79 Å². The zero-order valence-electron chi connectivity index (χ0n) is 16.9. The molecular formula is C22H31FN4O. The smallest absolute Gasteiger partial charge is 0.253 e. The van der Waals surface area contributed by atoms with E-state index in [1.807, 2.05) is 38.1 Å². The average molecular weight is 387 g/mol. The van der Waals surface area contributed by atoms with Crippen LogP contribution in [0.4, 0.5) is 4.39 Å². The van der Waals surface area contributed by atoms with E-state index in [9.17, 15) is 4.79 Å². The van der Waals surface area contributed by atoms with Gasteiger partial charge < -0.3 is 15.5 Å². The van der Waals surface area contributed by atoms with Gasteiger partial charge in [-0.15, -0.1) is 0 Å². The first-order valence-corrected chi connectivity index (χ1v) is 10.2. The fourth-order valence-corrected chi connectivity index (χ4v) is 3.56. The van der Waals surface area contributed by atoms with Crippen LogP contribution < -0.4 is 10.6 Å². The lowest BCUT2D eigenvalue weighted by Crippen LogP contribution is -2.49. The van der Waals surface area contributed by atoms with Crippen molar-refractivity contribution in [3.8, 4) is 0 Å². The number of alkyl halides is 1. The van der Waals surface area contributed by atoms with Crippen molar-refractivity contribution in [1.82, 2.24) is 15.5 Å². The second kappa shape index (κ2) is 9.32. The lowest BCUT2D eigenvalue weighted by molar-refractivity contribution is 0.0437. The largest absolute Gasteiger partial charge is 0.369 e. The third-order valence-electron chi connectivity index (χ3n) is 5.60. The molecule has 0 unspecified atom stereocenters. The van der Waals surface area contributed by atoms with E-state index in [1.54, 1.807) is 4.90 Å². The van der Waals surface area contributed by atoms with Gasteiger partial charge >= 0.3 is 0 Å². The van der Waals surface area contributed by atoms with Gasteiger partial charge in [0.15, 0.2) is 0 Å². The van der Waals surface area contributed by atoms with E-state index in [-0.39, 0.29) is 5.91 Å². The third kappa shape index (κ3) is 5.41. The number of halogens is 1. The molecule has 5 nitrogen and oxygen atoms in total. The first kappa shape index (κ1) is 20.5. The highest BCUT2D eigenvalue weighted by Crippen LogP contribution is 2.27. The Hall–Kier alpha value is -2.21. The Morgan fingerprint density at radius 2 is 2.00 bits per heavy atom. The molecule has 1 aromatic rings. The maximum absolute atomic E-state index is 15.1. The summed E-state index contributed by atoms with van der Waals surface area (Å²) in [6.07, 6.45) is 5.84. The van der Waals surface area contributed by atoms with Gasteiger partial charge in [-0.2, -0.15) is 0 Å². The summed E-state index contributed by atoms with van der Waals surface area (Å²) in [7, 11) is 0. The normalized spacial score (nSPS) is 18.7. The van der Waals surface area contributed by atoms with Crippen LogP contribution in [-0.2, 0) is 0 Å². The van der Waals surface area contributed by atoms with E-state index in [0.717, 1.165) is 30.9 Å². The van der Waals surface area contributed by atoms with E-state index in [0.29, 0.717) is 44.6 Å². The van der Waals surface area contributed by atoms with Gasteiger partial charge in [0.1, 0.15) is 11.5 Å². The topological polar surface area (TPSA) is 56.7 Å². The third-order valence-corrected chi connectivity index (χ3v) is 5.60. The Labute approximate surface area is 167 Å². The Balaban J connectivity index is 1.39. The van der Waals surface area contributed by atoms with Gasteiger partial charge in [0.2, 0.25) is 0 Å². The van der Waals surface area contributed by atoms with Crippen LogP contribution in [0.5, 0.6) is 0 Å². The number of dihydropyridines is 1. The van der Waals surface area contributed by atoms with Crippen molar-refractivity contribution in [1.29, 1.82) is 0 Å². The summed E-state index contributed by atoms with van der Waals surface area (Å²) < 4.78 is 15.1. The number of carbonyl (C=O) groups is 1. The molecule has 3 rings (SSSR count). The lowest BCUT2D eigenvalue weighted by Gasteiger charge is -2.36. The zero-order chi connectivity index (χ0) is 20.0. The number of nitrogens with one attached hydrogen (secondary N) is 2. The number of carbonyl (C=O) groups excluding carboxylic acids is 1. The molecule has 2 heterocycles. The highest BCUT2D eigenvalue weighted by molar-refractivity contribution is 5.94.